The number of rotatable bonds is 7. The minimum atomic E-state index is -1.00. The van der Waals surface area contributed by atoms with Crippen molar-refractivity contribution in [2.75, 3.05) is 0 Å². The lowest BCUT2D eigenvalue weighted by molar-refractivity contribution is -0.477. The van der Waals surface area contributed by atoms with E-state index in [0.717, 1.165) is 5.56 Å². The van der Waals surface area contributed by atoms with Crippen LogP contribution in [0.3, 0.4) is 0 Å². The van der Waals surface area contributed by atoms with Crippen LogP contribution in [0.2, 0.25) is 0 Å². The number of hydroxylamine groups is 1. The van der Waals surface area contributed by atoms with E-state index in [9.17, 15) is 14.8 Å². The fraction of sp³-hybridized carbons (Fsp3) is 0.348. The van der Waals surface area contributed by atoms with Crippen LogP contribution in [0, 0.1) is 5.21 Å². The summed E-state index contributed by atoms with van der Waals surface area (Å²) in [6, 6.07) is 16.5. The first kappa shape index (κ1) is 22.1. The number of nitrogens with one attached hydrogen (secondary N) is 1. The minimum absolute atomic E-state index is 0.273. The molecule has 0 radical (unpaired) electrons. The molecule has 29 heavy (non-hydrogen) atoms. The number of esters is 1. The number of hydrogen-bond acceptors (Lipinski definition) is 4. The molecule has 2 aromatic rings. The molecule has 0 aromatic heterocycles. The molecule has 0 unspecified atom stereocenters. The number of carbonyl (C=O) groups excluding carboxylic acids is 2. The number of benzene rings is 2. The van der Waals surface area contributed by atoms with E-state index in [1.54, 1.807) is 32.9 Å². The summed E-state index contributed by atoms with van der Waals surface area (Å²) in [7, 11) is 0. The van der Waals surface area contributed by atoms with Crippen molar-refractivity contribution in [3.05, 3.63) is 77.0 Å². The lowest BCUT2D eigenvalue weighted by Crippen LogP contribution is -2.50. The van der Waals surface area contributed by atoms with Gasteiger partial charge in [-0.05, 0) is 38.5 Å². The van der Waals surface area contributed by atoms with Crippen LogP contribution in [0.5, 0.6) is 0 Å². The molecule has 0 bridgehead atoms. The van der Waals surface area contributed by atoms with Gasteiger partial charge in [0.25, 0.3) is 5.91 Å². The summed E-state index contributed by atoms with van der Waals surface area (Å²) >= 11 is 0. The van der Waals surface area contributed by atoms with Crippen LogP contribution in [0.25, 0.3) is 0 Å². The summed E-state index contributed by atoms with van der Waals surface area (Å²) in [5.41, 5.74) is 0.884. The molecule has 2 aromatic carbocycles. The van der Waals surface area contributed by atoms with Crippen LogP contribution in [0.1, 0.15) is 38.8 Å². The Morgan fingerprint density at radius 2 is 1.62 bits per heavy atom. The number of hydrogen-bond donors (Lipinski definition) is 1. The molecule has 0 saturated heterocycles. The first-order valence-corrected chi connectivity index (χ1v) is 9.58. The first-order valence-electron chi connectivity index (χ1n) is 9.58. The Hall–Kier alpha value is -3.15. The summed E-state index contributed by atoms with van der Waals surface area (Å²) < 4.78 is 6.04. The zero-order chi connectivity index (χ0) is 21.4. The topological polar surface area (TPSA) is 81.5 Å². The van der Waals surface area contributed by atoms with Gasteiger partial charge in [0.2, 0.25) is 6.04 Å². The third-order valence-corrected chi connectivity index (χ3v) is 4.13. The SMILES string of the molecule is C[C@@H](C(=O)N[C@@H](Cc1ccccc1)C(=O)OC(C)(C)C)/[N+]([O-])=C/c1ccccc1. The highest BCUT2D eigenvalue weighted by Gasteiger charge is 2.30. The van der Waals surface area contributed by atoms with Gasteiger partial charge >= 0.3 is 5.97 Å². The number of nitrogens with zero attached hydrogens (tertiary/aromatic N) is 1. The van der Waals surface area contributed by atoms with E-state index in [1.165, 1.54) is 13.1 Å². The smallest absolute Gasteiger partial charge is 0.329 e. The summed E-state index contributed by atoms with van der Waals surface area (Å²) in [6.07, 6.45) is 1.62. The van der Waals surface area contributed by atoms with Crippen LogP contribution in [0.4, 0.5) is 0 Å². The van der Waals surface area contributed by atoms with E-state index in [-0.39, 0.29) is 6.42 Å². The summed E-state index contributed by atoms with van der Waals surface area (Å²) in [6.45, 7) is 6.80. The van der Waals surface area contributed by atoms with Gasteiger partial charge in [0, 0.05) is 18.9 Å². The zero-order valence-electron chi connectivity index (χ0n) is 17.3. The predicted octanol–water partition coefficient (Wildman–Crippen LogP) is 3.07. The van der Waals surface area contributed by atoms with Crippen molar-refractivity contribution in [3.63, 3.8) is 0 Å². The highest BCUT2D eigenvalue weighted by Crippen LogP contribution is 2.12. The Balaban J connectivity index is 2.14. The number of amides is 1. The molecule has 0 fully saturated rings. The molecule has 1 amide bonds. The van der Waals surface area contributed by atoms with Crippen molar-refractivity contribution < 1.29 is 19.1 Å². The summed E-state index contributed by atoms with van der Waals surface area (Å²) in [5.74, 6) is -1.08. The Labute approximate surface area is 171 Å². The van der Waals surface area contributed by atoms with E-state index in [1.807, 2.05) is 48.5 Å². The lowest BCUT2D eigenvalue weighted by atomic mass is 10.0. The van der Waals surface area contributed by atoms with Gasteiger partial charge < -0.3 is 15.3 Å². The Morgan fingerprint density at radius 1 is 1.07 bits per heavy atom. The van der Waals surface area contributed by atoms with Crippen molar-refractivity contribution >= 4 is 18.1 Å². The minimum Gasteiger partial charge on any atom is -0.623 e. The molecular formula is C23H28N2O4. The van der Waals surface area contributed by atoms with Gasteiger partial charge in [0.05, 0.1) is 0 Å². The average molecular weight is 396 g/mol. The maximum atomic E-state index is 12.7. The van der Waals surface area contributed by atoms with Crippen molar-refractivity contribution in [2.45, 2.75) is 51.8 Å². The fourth-order valence-corrected chi connectivity index (χ4v) is 2.62. The van der Waals surface area contributed by atoms with E-state index in [2.05, 4.69) is 5.32 Å². The third kappa shape index (κ3) is 7.41. The molecule has 2 rings (SSSR count). The van der Waals surface area contributed by atoms with Crippen molar-refractivity contribution in [2.24, 2.45) is 0 Å². The number of carbonyl (C=O) groups is 2. The molecule has 0 heterocycles. The van der Waals surface area contributed by atoms with Crippen molar-refractivity contribution in [1.82, 2.24) is 5.32 Å². The highest BCUT2D eigenvalue weighted by atomic mass is 16.6. The maximum Gasteiger partial charge on any atom is 0.329 e. The van der Waals surface area contributed by atoms with E-state index >= 15 is 0 Å². The van der Waals surface area contributed by atoms with Crippen LogP contribution in [-0.4, -0.2) is 40.5 Å². The monoisotopic (exact) mass is 396 g/mol. The zero-order valence-corrected chi connectivity index (χ0v) is 17.3. The third-order valence-electron chi connectivity index (χ3n) is 4.13. The molecule has 0 aliphatic carbocycles. The molecule has 2 atom stereocenters. The van der Waals surface area contributed by atoms with Gasteiger partial charge in [0.15, 0.2) is 6.21 Å². The predicted molar refractivity (Wildman–Crippen MR) is 113 cm³/mol. The molecule has 6 nitrogen and oxygen atoms in total. The Morgan fingerprint density at radius 3 is 2.17 bits per heavy atom. The van der Waals surface area contributed by atoms with Crippen LogP contribution in [0.15, 0.2) is 60.7 Å². The quantitative estimate of drug-likeness (QED) is 0.256. The fourth-order valence-electron chi connectivity index (χ4n) is 2.62. The van der Waals surface area contributed by atoms with E-state index < -0.39 is 29.6 Å². The standard InChI is InChI=1S/C23H28N2O4/c1-17(25(28)16-19-13-9-6-10-14-19)21(26)24-20(22(27)29-23(2,3)4)15-18-11-7-5-8-12-18/h5-14,16-17,20H,15H2,1-4H3,(H,24,26)/b25-16-/t17-,20-/m0/s1. The van der Waals surface area contributed by atoms with Crippen molar-refractivity contribution in [1.29, 1.82) is 0 Å². The van der Waals surface area contributed by atoms with Gasteiger partial charge in [-0.15, -0.1) is 0 Å². The average Bonchev–Trinajstić information content (AvgIpc) is 2.67. The van der Waals surface area contributed by atoms with Gasteiger partial charge in [-0.3, -0.25) is 4.79 Å². The van der Waals surface area contributed by atoms with Crippen LogP contribution in [-0.2, 0) is 20.7 Å². The molecule has 1 N–H and O–H groups in total. The molecule has 0 spiro atoms. The van der Waals surface area contributed by atoms with Gasteiger partial charge in [-0.2, -0.15) is 4.74 Å². The second-order valence-electron chi connectivity index (χ2n) is 7.86. The van der Waals surface area contributed by atoms with Gasteiger partial charge in [-0.25, -0.2) is 4.79 Å². The second-order valence-corrected chi connectivity index (χ2v) is 7.86. The molecule has 0 aliphatic heterocycles. The molecule has 0 saturated carbocycles. The van der Waals surface area contributed by atoms with E-state index in [4.69, 9.17) is 4.74 Å². The van der Waals surface area contributed by atoms with Gasteiger partial charge in [0.1, 0.15) is 11.6 Å². The molecule has 154 valence electrons. The second kappa shape index (κ2) is 9.87. The normalized spacial score (nSPS) is 14.0. The van der Waals surface area contributed by atoms with Crippen molar-refractivity contribution in [3.8, 4) is 0 Å². The Bertz CT molecular complexity index is 842. The van der Waals surface area contributed by atoms with Crippen LogP contribution >= 0.6 is 0 Å². The first-order chi connectivity index (χ1) is 13.7. The summed E-state index contributed by atoms with van der Waals surface area (Å²) in [4.78, 5) is 25.3. The number of ether oxygens (including phenoxy) is 1. The summed E-state index contributed by atoms with van der Waals surface area (Å²) in [5, 5.41) is 15.1. The highest BCUT2D eigenvalue weighted by molar-refractivity contribution is 5.87. The molecule has 0 aliphatic rings. The molecule has 6 heteroatoms. The maximum absolute atomic E-state index is 12.7. The van der Waals surface area contributed by atoms with Gasteiger partial charge in [-0.1, -0.05) is 48.5 Å². The molecular weight excluding hydrogens is 368 g/mol. The largest absolute Gasteiger partial charge is 0.623 e. The van der Waals surface area contributed by atoms with Crippen LogP contribution < -0.4 is 5.32 Å². The van der Waals surface area contributed by atoms with E-state index in [0.29, 0.717) is 10.3 Å². The lowest BCUT2D eigenvalue weighted by Gasteiger charge is -2.25. The Kier molecular flexibility index (Phi) is 7.53.